The molecular formula is C85H152FN11O20. The van der Waals surface area contributed by atoms with Crippen LogP contribution in [0.25, 0.3) is 0 Å². The first-order valence-electron chi connectivity index (χ1n) is 39.3. The summed E-state index contributed by atoms with van der Waals surface area (Å²) in [4.78, 5) is 137. The van der Waals surface area contributed by atoms with Crippen molar-refractivity contribution in [1.29, 1.82) is 0 Å². The molecule has 3 aromatic carbocycles. The number of alkyl carbamates (subject to hydrolysis) is 5. The maximum absolute atomic E-state index is 12.7. The Balaban J connectivity index is -0.000000267. The van der Waals surface area contributed by atoms with Crippen molar-refractivity contribution in [2.24, 2.45) is 17.2 Å². The first kappa shape index (κ1) is 118. The Kier molecular flexibility index (Phi) is 83.9. The van der Waals surface area contributed by atoms with Gasteiger partial charge in [0.15, 0.2) is 0 Å². The van der Waals surface area contributed by atoms with E-state index in [1.54, 1.807) is 0 Å². The molecule has 3 aliphatic rings. The van der Waals surface area contributed by atoms with E-state index < -0.39 is 97.6 Å². The van der Waals surface area contributed by atoms with Crippen LogP contribution >= 0.6 is 0 Å². The Labute approximate surface area is 700 Å². The summed E-state index contributed by atoms with van der Waals surface area (Å²) in [6.07, 6.45) is 19.5. The lowest BCUT2D eigenvalue weighted by Crippen LogP contribution is -2.51. The van der Waals surface area contributed by atoms with Gasteiger partial charge in [-0.15, -0.1) is 0 Å². The highest BCUT2D eigenvalue weighted by Crippen LogP contribution is 2.12. The second-order valence-corrected chi connectivity index (χ2v) is 25.6. The number of carbonyl (C=O) groups excluding carboxylic acids is 12. The molecule has 3 heterocycles. The van der Waals surface area contributed by atoms with Crippen molar-refractivity contribution in [1.82, 2.24) is 42.5 Å². The molecule has 14 N–H and O–H groups in total. The monoisotopic (exact) mass is 1670 g/mol. The number of esters is 4. The van der Waals surface area contributed by atoms with Crippen LogP contribution in [0.4, 0.5) is 28.4 Å². The number of hydrogen-bond acceptors (Lipinski definition) is 23. The van der Waals surface area contributed by atoms with Crippen LogP contribution in [-0.4, -0.2) is 176 Å². The number of nitrogens with one attached hydrogen (secondary N) is 8. The molecule has 3 saturated heterocycles. The van der Waals surface area contributed by atoms with Crippen molar-refractivity contribution in [2.75, 3.05) is 73.9 Å². The second-order valence-electron chi connectivity index (χ2n) is 25.6. The van der Waals surface area contributed by atoms with E-state index >= 15 is 0 Å². The third kappa shape index (κ3) is 68.3. The second kappa shape index (κ2) is 83.0. The first-order chi connectivity index (χ1) is 54.1. The Morgan fingerprint density at radius 1 is 0.462 bits per heavy atom. The van der Waals surface area contributed by atoms with Gasteiger partial charge in [-0.3, -0.25) is 28.4 Å². The Bertz CT molecular complexity index is 3020. The number of rotatable bonds is 45. The highest BCUT2D eigenvalue weighted by Gasteiger charge is 2.33. The molecule has 0 spiro atoms. The molecule has 5 atom stereocenters. The minimum atomic E-state index is -1.00. The van der Waals surface area contributed by atoms with Crippen molar-refractivity contribution in [3.8, 4) is 0 Å². The van der Waals surface area contributed by atoms with Gasteiger partial charge in [0.1, 0.15) is 37.9 Å². The summed E-state index contributed by atoms with van der Waals surface area (Å²) < 4.78 is 53.3. The topological polar surface area (TPSA) is 453 Å². The molecule has 0 aliphatic carbocycles. The molecule has 0 saturated carbocycles. The van der Waals surface area contributed by atoms with Gasteiger partial charge >= 0.3 is 54.3 Å². The highest BCUT2D eigenvalue weighted by atomic mass is 19.1. The molecule has 3 aliphatic heterocycles. The molecule has 3 fully saturated rings. The summed E-state index contributed by atoms with van der Waals surface area (Å²) in [5.41, 5.74) is 19.8. The van der Waals surface area contributed by atoms with Crippen LogP contribution in [0.1, 0.15) is 257 Å². The van der Waals surface area contributed by atoms with Gasteiger partial charge in [-0.2, -0.15) is 0 Å². The van der Waals surface area contributed by atoms with Crippen LogP contribution in [0.3, 0.4) is 0 Å². The number of nitrogens with two attached hydrogens (primary N) is 3. The zero-order valence-electron chi connectivity index (χ0n) is 66.9. The average molecular weight is 1670 g/mol. The van der Waals surface area contributed by atoms with Gasteiger partial charge in [0.05, 0.1) is 34.8 Å². The number of hydrogen-bond donors (Lipinski definition) is 11. The van der Waals surface area contributed by atoms with Crippen LogP contribution in [0.2, 0.25) is 0 Å². The Hall–Kier alpha value is -9.53. The molecular weight excluding hydrogens is 1510 g/mol. The number of cyclic esters (lactones) is 4. The van der Waals surface area contributed by atoms with E-state index in [1.165, 1.54) is 65.6 Å². The summed E-state index contributed by atoms with van der Waals surface area (Å²) in [6, 6.07) is 24.9. The Morgan fingerprint density at radius 2 is 0.812 bits per heavy atom. The van der Waals surface area contributed by atoms with E-state index in [0.717, 1.165) is 87.8 Å². The number of benzene rings is 3. The number of halogens is 1. The lowest BCUT2D eigenvalue weighted by Gasteiger charge is -2.21. The molecule has 0 radical (unpaired) electrons. The van der Waals surface area contributed by atoms with Gasteiger partial charge in [0, 0.05) is 58.8 Å². The quantitative estimate of drug-likeness (QED) is 0.0108. The number of ether oxygens (including phenoxy) is 8. The molecule has 0 bridgehead atoms. The lowest BCUT2D eigenvalue weighted by molar-refractivity contribution is -0.142. The van der Waals surface area contributed by atoms with Crippen molar-refractivity contribution in [3.05, 3.63) is 108 Å². The number of methoxy groups -OCH3 is 2. The highest BCUT2D eigenvalue weighted by molar-refractivity contribution is 5.96. The standard InChI is InChI=1S/C26H42N4O6.C20H33N3O3.C15H18N2O5.C7H9NO5.C6H15N.C4H8O.CH3F.6CH4/c1-3-4-5-10-17-28-25(33)22(30-24(32)21(27)15-16-23(31)35-2)14-9-11-18-29-26(34)36-19-20-12-7-6-8-13-20;1-2-3-4-9-14-22-19(24)18(21)13-8-10-15-23-20(25)26-16-17-11-6-5-7-12-17;18-13-12(17-15(20)22-13)8-4-5-9-16-14(19)21-10-11-6-2-1-3-7-11;1-12-5(9)3-2-4-6(10)13-7(11)8-4;1-2-3-4-5-6-7;1-2-4-5-3-1;1-2;;;;;;/h6-8,12-13,21-22H,3-5,9-11,14-19,27H2,1-2H3,(H,28,33)(H,29,34)(H,30,32);5-7,11-12,18H,2-4,8-10,13-16,21H2,1H3,(H,22,24)(H,23,25);1-3,6-7,12H,4-5,8-10H2,(H,16,19)(H,17,20);4H,2-3H2,1H3,(H,8,11);2-7H2,1H3;1-4H2;1H3;6*1H4/i;;;;;;1D;;;;;;. The van der Waals surface area contributed by atoms with E-state index in [9.17, 15) is 61.9 Å². The Morgan fingerprint density at radius 3 is 1.18 bits per heavy atom. The first-order valence-corrected chi connectivity index (χ1v) is 38.6. The molecule has 31 nitrogen and oxygen atoms in total. The lowest BCUT2D eigenvalue weighted by atomic mass is 10.1. The third-order valence-corrected chi connectivity index (χ3v) is 16.4. The fraction of sp³-hybridized carbons (Fsp3) is 0.647. The molecule has 5 unspecified atom stereocenters. The van der Waals surface area contributed by atoms with Gasteiger partial charge in [-0.1, -0.05) is 214 Å². The summed E-state index contributed by atoms with van der Waals surface area (Å²) in [6.45, 7) is 12.6. The van der Waals surface area contributed by atoms with Gasteiger partial charge in [-0.25, -0.2) is 33.6 Å². The van der Waals surface area contributed by atoms with Crippen LogP contribution < -0.4 is 59.7 Å². The average Bonchev–Trinajstić information content (AvgIpc) is 1.71. The largest absolute Gasteiger partial charge is 0.469 e. The zero-order chi connectivity index (χ0) is 83.0. The van der Waals surface area contributed by atoms with Gasteiger partial charge < -0.3 is 97.6 Å². The fourth-order valence-corrected chi connectivity index (χ4v) is 9.91. The molecule has 117 heavy (non-hydrogen) atoms. The van der Waals surface area contributed by atoms with Crippen LogP contribution in [0.5, 0.6) is 0 Å². The number of amides is 8. The molecule has 0 aromatic heterocycles. The van der Waals surface area contributed by atoms with Gasteiger partial charge in [0.2, 0.25) is 17.7 Å². The summed E-state index contributed by atoms with van der Waals surface area (Å²) >= 11 is 0. The van der Waals surface area contributed by atoms with Gasteiger partial charge in [-0.05, 0) is 126 Å². The van der Waals surface area contributed by atoms with E-state index in [-0.39, 0.29) is 102 Å². The zero-order valence-corrected chi connectivity index (χ0v) is 65.9. The number of alkyl halides is 1. The normalized spacial score (nSPS) is 13.6. The predicted octanol–water partition coefficient (Wildman–Crippen LogP) is 13.7. The van der Waals surface area contributed by atoms with Gasteiger partial charge in [0.25, 0.3) is 0 Å². The molecule has 6 rings (SSSR count). The van der Waals surface area contributed by atoms with Crippen molar-refractivity contribution < 1.29 is 101 Å². The predicted molar refractivity (Wildman–Crippen MR) is 458 cm³/mol. The third-order valence-electron chi connectivity index (χ3n) is 16.4. The molecule has 32 heteroatoms. The van der Waals surface area contributed by atoms with E-state index in [1.807, 2.05) is 91.0 Å². The molecule has 3 aromatic rings. The van der Waals surface area contributed by atoms with E-state index in [2.05, 4.69) is 82.3 Å². The fourth-order valence-electron chi connectivity index (χ4n) is 9.91. The summed E-state index contributed by atoms with van der Waals surface area (Å²) in [5.74, 6) is -2.91. The summed E-state index contributed by atoms with van der Waals surface area (Å²) in [5, 5.41) is 21.2. The van der Waals surface area contributed by atoms with Crippen molar-refractivity contribution in [3.63, 3.8) is 0 Å². The number of unbranched alkanes of at least 4 members (excludes halogenated alkanes) is 12. The smallest absolute Gasteiger partial charge is 0.415 e. The molecule has 8 amide bonds. The maximum Gasteiger partial charge on any atom is 0.415 e. The van der Waals surface area contributed by atoms with E-state index in [0.29, 0.717) is 77.7 Å². The van der Waals surface area contributed by atoms with Crippen LogP contribution in [-0.2, 0) is 91.3 Å². The van der Waals surface area contributed by atoms with Crippen molar-refractivity contribution >= 4 is 72.1 Å². The van der Waals surface area contributed by atoms with E-state index in [4.69, 9.17) is 37.5 Å². The number of carbonyl (C=O) groups is 12. The molecule has 674 valence electrons. The minimum Gasteiger partial charge on any atom is -0.469 e. The summed E-state index contributed by atoms with van der Waals surface area (Å²) in [7, 11) is 1.53. The minimum absolute atomic E-state index is 0. The van der Waals surface area contributed by atoms with Crippen molar-refractivity contribution in [2.45, 2.75) is 289 Å². The van der Waals surface area contributed by atoms with Crippen LogP contribution in [0, 0.1) is 0 Å². The van der Waals surface area contributed by atoms with Crippen LogP contribution in [0.15, 0.2) is 91.0 Å². The maximum atomic E-state index is 12.7. The SMILES string of the molecule is C.C.C.C.C.C.C1CCOC1.CCCCCCN.CCCCCCNC(=O)C(CCCCNC(=O)OCc1ccccc1)NC(=O)C(N)CCC(=O)OC.CCCCCCNC(=O)C(N)CCCCNC(=O)OCc1ccccc1.COC(=O)CCC1NC(=O)OC1=O.O=C(NCCCCC1NC(=O)OC1=O)OCc1ccccc1.[2H]CF.